The fraction of sp³-hybridized carbons (Fsp3) is 0.310. The number of allylic oxidation sites excluding steroid dienone is 1. The first-order chi connectivity index (χ1) is 17.7. The van der Waals surface area contributed by atoms with Crippen molar-refractivity contribution in [2.75, 3.05) is 18.5 Å². The SMILES string of the molecule is C=C(C)c1cc(N2CCCc3cc(-c4cnn(C)c4)c(C(F)F)cc32)cc2c(C(=O)NC)cn(CC)c12. The summed E-state index contributed by atoms with van der Waals surface area (Å²) in [6.07, 6.45) is 4.31. The summed E-state index contributed by atoms with van der Waals surface area (Å²) in [6.45, 7) is 9.58. The first kappa shape index (κ1) is 24.7. The standard InChI is InChI=1S/C29H31F2N5O/c1-6-35-16-25(29(37)32-4)23-12-20(11-21(17(2)3)27(23)35)36-9-7-8-18-10-22(19-14-33-34(5)15-19)24(28(30)31)13-26(18)36/h10-16,28H,2,6-9H2,1,3-5H3,(H,32,37). The minimum atomic E-state index is -2.63. The molecule has 1 N–H and O–H groups in total. The maximum absolute atomic E-state index is 14.3. The summed E-state index contributed by atoms with van der Waals surface area (Å²) < 4.78 is 32.3. The molecule has 0 saturated carbocycles. The Hall–Kier alpha value is -3.94. The lowest BCUT2D eigenvalue weighted by Crippen LogP contribution is -2.25. The number of fused-ring (bicyclic) bond motifs is 2. The summed E-state index contributed by atoms with van der Waals surface area (Å²) in [7, 11) is 3.40. The Morgan fingerprint density at radius 2 is 1.97 bits per heavy atom. The second-order valence-electron chi connectivity index (χ2n) is 9.60. The normalized spacial score (nSPS) is 13.3. The van der Waals surface area contributed by atoms with Crippen LogP contribution in [0.4, 0.5) is 20.2 Å². The molecule has 0 aliphatic carbocycles. The van der Waals surface area contributed by atoms with E-state index in [1.807, 2.05) is 32.2 Å². The summed E-state index contributed by atoms with van der Waals surface area (Å²) >= 11 is 0. The van der Waals surface area contributed by atoms with Crippen LogP contribution in [0.25, 0.3) is 27.6 Å². The van der Waals surface area contributed by atoms with Crippen molar-refractivity contribution in [3.05, 3.63) is 71.7 Å². The number of carbonyl (C=O) groups excluding carboxylic acids is 1. The predicted octanol–water partition coefficient (Wildman–Crippen LogP) is 6.48. The van der Waals surface area contributed by atoms with Gasteiger partial charge in [0.25, 0.3) is 12.3 Å². The van der Waals surface area contributed by atoms with Gasteiger partial charge in [0.15, 0.2) is 0 Å². The molecule has 1 aliphatic heterocycles. The second kappa shape index (κ2) is 9.50. The number of aromatic nitrogens is 3. The number of carbonyl (C=O) groups is 1. The van der Waals surface area contributed by atoms with Crippen molar-refractivity contribution in [3.8, 4) is 11.1 Å². The van der Waals surface area contributed by atoms with Gasteiger partial charge in [-0.25, -0.2) is 8.78 Å². The molecule has 3 heterocycles. The van der Waals surface area contributed by atoms with Gasteiger partial charge >= 0.3 is 0 Å². The summed E-state index contributed by atoms with van der Waals surface area (Å²) in [5, 5.41) is 7.74. The van der Waals surface area contributed by atoms with Crippen LogP contribution in [0, 0.1) is 0 Å². The molecule has 8 heteroatoms. The molecule has 0 radical (unpaired) electrons. The van der Waals surface area contributed by atoms with Gasteiger partial charge in [-0.15, -0.1) is 0 Å². The first-order valence-corrected chi connectivity index (χ1v) is 12.5. The Morgan fingerprint density at radius 1 is 1.19 bits per heavy atom. The molecular formula is C29H31F2N5O. The minimum Gasteiger partial charge on any atom is -0.355 e. The van der Waals surface area contributed by atoms with Crippen LogP contribution in [0.2, 0.25) is 0 Å². The third kappa shape index (κ3) is 4.20. The fourth-order valence-corrected chi connectivity index (χ4v) is 5.38. The number of aryl methyl sites for hydroxylation is 3. The lowest BCUT2D eigenvalue weighted by Gasteiger charge is -2.33. The van der Waals surface area contributed by atoms with E-state index < -0.39 is 6.43 Å². The van der Waals surface area contributed by atoms with Gasteiger partial charge in [0, 0.05) is 73.0 Å². The molecule has 0 saturated heterocycles. The topological polar surface area (TPSA) is 55.1 Å². The molecule has 2 aromatic heterocycles. The van der Waals surface area contributed by atoms with Crippen molar-refractivity contribution < 1.29 is 13.6 Å². The van der Waals surface area contributed by atoms with Crippen molar-refractivity contribution >= 4 is 33.8 Å². The van der Waals surface area contributed by atoms with Gasteiger partial charge in [0.1, 0.15) is 0 Å². The van der Waals surface area contributed by atoms with E-state index >= 15 is 0 Å². The van der Waals surface area contributed by atoms with Crippen molar-refractivity contribution in [1.29, 1.82) is 0 Å². The Bertz CT molecular complexity index is 1530. The highest BCUT2D eigenvalue weighted by atomic mass is 19.3. The van der Waals surface area contributed by atoms with Crippen molar-refractivity contribution in [2.24, 2.45) is 7.05 Å². The highest BCUT2D eigenvalue weighted by molar-refractivity contribution is 6.10. The zero-order valence-electron chi connectivity index (χ0n) is 21.6. The molecule has 0 unspecified atom stereocenters. The number of alkyl halides is 2. The van der Waals surface area contributed by atoms with Crippen LogP contribution >= 0.6 is 0 Å². The van der Waals surface area contributed by atoms with Crippen molar-refractivity contribution in [1.82, 2.24) is 19.7 Å². The van der Waals surface area contributed by atoms with E-state index in [1.54, 1.807) is 37.2 Å². The molecule has 4 aromatic rings. The molecule has 1 aliphatic rings. The predicted molar refractivity (Wildman–Crippen MR) is 145 cm³/mol. The Kier molecular flexibility index (Phi) is 6.35. The van der Waals surface area contributed by atoms with Gasteiger partial charge in [0.2, 0.25) is 0 Å². The van der Waals surface area contributed by atoms with Gasteiger partial charge in [-0.05, 0) is 67.7 Å². The van der Waals surface area contributed by atoms with Gasteiger partial charge in [-0.2, -0.15) is 5.10 Å². The summed E-state index contributed by atoms with van der Waals surface area (Å²) in [5.41, 5.74) is 7.20. The van der Waals surface area contributed by atoms with Crippen LogP contribution in [0.5, 0.6) is 0 Å². The largest absolute Gasteiger partial charge is 0.355 e. The fourth-order valence-electron chi connectivity index (χ4n) is 5.38. The van der Waals surface area contributed by atoms with E-state index in [-0.39, 0.29) is 11.5 Å². The van der Waals surface area contributed by atoms with E-state index in [0.717, 1.165) is 51.8 Å². The summed E-state index contributed by atoms with van der Waals surface area (Å²) in [4.78, 5) is 14.9. The zero-order valence-corrected chi connectivity index (χ0v) is 21.6. The van der Waals surface area contributed by atoms with E-state index in [4.69, 9.17) is 0 Å². The van der Waals surface area contributed by atoms with Crippen molar-refractivity contribution in [3.63, 3.8) is 0 Å². The maximum atomic E-state index is 14.3. The Balaban J connectivity index is 1.73. The van der Waals surface area contributed by atoms with Crippen LogP contribution in [0.3, 0.4) is 0 Å². The van der Waals surface area contributed by atoms with E-state index in [2.05, 4.69) is 32.5 Å². The molecule has 5 rings (SSSR count). The van der Waals surface area contributed by atoms with Crippen LogP contribution in [-0.4, -0.2) is 33.8 Å². The number of halogens is 2. The third-order valence-electron chi connectivity index (χ3n) is 7.16. The molecule has 1 amide bonds. The van der Waals surface area contributed by atoms with Crippen molar-refractivity contribution in [2.45, 2.75) is 39.7 Å². The minimum absolute atomic E-state index is 0.0111. The van der Waals surface area contributed by atoms with E-state index in [9.17, 15) is 13.6 Å². The van der Waals surface area contributed by atoms with Gasteiger partial charge < -0.3 is 14.8 Å². The second-order valence-corrected chi connectivity index (χ2v) is 9.60. The first-order valence-electron chi connectivity index (χ1n) is 12.5. The molecule has 2 aromatic carbocycles. The number of hydrogen-bond donors (Lipinski definition) is 1. The number of amides is 1. The van der Waals surface area contributed by atoms with Gasteiger partial charge in [0.05, 0.1) is 17.3 Å². The maximum Gasteiger partial charge on any atom is 0.264 e. The Morgan fingerprint density at radius 3 is 2.59 bits per heavy atom. The molecule has 0 fully saturated rings. The average Bonchev–Trinajstić information content (AvgIpc) is 3.49. The molecular weight excluding hydrogens is 472 g/mol. The number of hydrogen-bond acceptors (Lipinski definition) is 3. The summed E-state index contributed by atoms with van der Waals surface area (Å²) in [5.74, 6) is -0.165. The smallest absolute Gasteiger partial charge is 0.264 e. The van der Waals surface area contributed by atoms with Crippen LogP contribution in [-0.2, 0) is 20.0 Å². The zero-order chi connectivity index (χ0) is 26.4. The Labute approximate surface area is 215 Å². The lowest BCUT2D eigenvalue weighted by atomic mass is 9.92. The number of nitrogens with one attached hydrogen (secondary N) is 1. The van der Waals surface area contributed by atoms with E-state index in [1.165, 1.54) is 0 Å². The molecule has 37 heavy (non-hydrogen) atoms. The lowest BCUT2D eigenvalue weighted by molar-refractivity contribution is 0.0964. The molecule has 192 valence electrons. The van der Waals surface area contributed by atoms with E-state index in [0.29, 0.717) is 29.8 Å². The number of benzene rings is 2. The summed E-state index contributed by atoms with van der Waals surface area (Å²) in [6, 6.07) is 7.59. The van der Waals surface area contributed by atoms with Crippen LogP contribution in [0.1, 0.15) is 53.7 Å². The highest BCUT2D eigenvalue weighted by Crippen LogP contribution is 2.43. The molecule has 0 atom stereocenters. The third-order valence-corrected chi connectivity index (χ3v) is 7.16. The molecule has 0 bridgehead atoms. The molecule has 0 spiro atoms. The number of anilines is 2. The quantitative estimate of drug-likeness (QED) is 0.328. The monoisotopic (exact) mass is 503 g/mol. The van der Waals surface area contributed by atoms with Crippen LogP contribution in [0.15, 0.2) is 49.4 Å². The highest BCUT2D eigenvalue weighted by Gasteiger charge is 2.26. The molecule has 6 nitrogen and oxygen atoms in total. The van der Waals surface area contributed by atoms with Gasteiger partial charge in [-0.3, -0.25) is 9.48 Å². The van der Waals surface area contributed by atoms with Crippen LogP contribution < -0.4 is 10.2 Å². The average molecular weight is 504 g/mol. The number of nitrogens with zero attached hydrogens (tertiary/aromatic N) is 4. The number of rotatable bonds is 6. The van der Waals surface area contributed by atoms with Gasteiger partial charge in [-0.1, -0.05) is 6.58 Å².